The molecule has 0 bridgehead atoms. The Kier molecular flexibility index (Phi) is 4.65. The molecule has 0 atom stereocenters. The summed E-state index contributed by atoms with van der Waals surface area (Å²) >= 11 is 5.94. The molecule has 7 nitrogen and oxygen atoms in total. The van der Waals surface area contributed by atoms with E-state index >= 15 is 0 Å². The van der Waals surface area contributed by atoms with Gasteiger partial charge in [-0.1, -0.05) is 17.7 Å². The lowest BCUT2D eigenvalue weighted by Gasteiger charge is -2.09. The van der Waals surface area contributed by atoms with Crippen LogP contribution in [0.5, 0.6) is 0 Å². The van der Waals surface area contributed by atoms with E-state index in [2.05, 4.69) is 25.2 Å². The number of sulfonamides is 1. The number of halogens is 1. The van der Waals surface area contributed by atoms with Crippen LogP contribution in [0.25, 0.3) is 0 Å². The highest BCUT2D eigenvalue weighted by molar-refractivity contribution is 7.92. The number of H-pyrrole nitrogens is 1. The number of aromatic amines is 1. The SMILES string of the molecule is Cc1n[nH]c(C)c1S(=O)(=O)Nc1ccc(Nc2cccc(Cl)c2)cn1. The van der Waals surface area contributed by atoms with Gasteiger partial charge in [0.15, 0.2) is 0 Å². The van der Waals surface area contributed by atoms with Gasteiger partial charge in [0.2, 0.25) is 0 Å². The van der Waals surface area contributed by atoms with Gasteiger partial charge in [-0.25, -0.2) is 13.4 Å². The number of aryl methyl sites for hydroxylation is 2. The van der Waals surface area contributed by atoms with Gasteiger partial charge in [-0.3, -0.25) is 9.82 Å². The normalized spacial score (nSPS) is 11.3. The van der Waals surface area contributed by atoms with Gasteiger partial charge in [0.25, 0.3) is 10.0 Å². The van der Waals surface area contributed by atoms with E-state index in [4.69, 9.17) is 11.6 Å². The molecule has 0 aliphatic heterocycles. The van der Waals surface area contributed by atoms with E-state index in [1.54, 1.807) is 38.1 Å². The third-order valence-electron chi connectivity index (χ3n) is 3.44. The predicted octanol–water partition coefficient (Wildman–Crippen LogP) is 3.62. The summed E-state index contributed by atoms with van der Waals surface area (Å²) in [6, 6.07) is 10.6. The predicted molar refractivity (Wildman–Crippen MR) is 97.8 cm³/mol. The van der Waals surface area contributed by atoms with E-state index in [-0.39, 0.29) is 10.7 Å². The van der Waals surface area contributed by atoms with Crippen LogP contribution in [0.4, 0.5) is 17.2 Å². The second kappa shape index (κ2) is 6.73. The van der Waals surface area contributed by atoms with E-state index in [0.717, 1.165) is 5.69 Å². The number of hydrogen-bond acceptors (Lipinski definition) is 5. The van der Waals surface area contributed by atoms with Crippen LogP contribution in [-0.2, 0) is 10.0 Å². The Morgan fingerprint density at radius 2 is 1.92 bits per heavy atom. The van der Waals surface area contributed by atoms with Crippen molar-refractivity contribution in [2.75, 3.05) is 10.0 Å². The van der Waals surface area contributed by atoms with Crippen LogP contribution in [0.2, 0.25) is 5.02 Å². The number of hydrogen-bond donors (Lipinski definition) is 3. The number of anilines is 3. The van der Waals surface area contributed by atoms with Gasteiger partial charge in [0.1, 0.15) is 10.7 Å². The number of aromatic nitrogens is 3. The molecule has 3 aromatic rings. The molecule has 2 heterocycles. The summed E-state index contributed by atoms with van der Waals surface area (Å²) in [5, 5.41) is 10.3. The summed E-state index contributed by atoms with van der Waals surface area (Å²) in [5.41, 5.74) is 2.40. The summed E-state index contributed by atoms with van der Waals surface area (Å²) in [6.45, 7) is 3.28. The van der Waals surface area contributed by atoms with Crippen LogP contribution in [0.15, 0.2) is 47.5 Å². The summed E-state index contributed by atoms with van der Waals surface area (Å²) in [5.74, 6) is 0.219. The van der Waals surface area contributed by atoms with E-state index in [1.165, 1.54) is 6.20 Å². The molecule has 9 heteroatoms. The summed E-state index contributed by atoms with van der Waals surface area (Å²) in [4.78, 5) is 4.27. The molecule has 0 saturated heterocycles. The van der Waals surface area contributed by atoms with Crippen LogP contribution < -0.4 is 10.0 Å². The second-order valence-corrected chi connectivity index (χ2v) is 7.49. The minimum absolute atomic E-state index is 0.135. The zero-order valence-corrected chi connectivity index (χ0v) is 15.1. The minimum atomic E-state index is -3.75. The summed E-state index contributed by atoms with van der Waals surface area (Å²) < 4.78 is 27.4. The standard InChI is InChI=1S/C16H16ClN5O2S/c1-10-16(11(2)21-20-10)25(23,24)22-15-7-6-14(9-18-15)19-13-5-3-4-12(17)8-13/h3-9,19H,1-2H3,(H,18,22)(H,20,21). The second-order valence-electron chi connectivity index (χ2n) is 5.44. The maximum absolute atomic E-state index is 12.5. The third kappa shape index (κ3) is 3.92. The van der Waals surface area contributed by atoms with Crippen LogP contribution in [0.1, 0.15) is 11.4 Å². The average Bonchev–Trinajstić information content (AvgIpc) is 2.89. The summed E-state index contributed by atoms with van der Waals surface area (Å²) in [6.07, 6.45) is 1.54. The zero-order chi connectivity index (χ0) is 18.0. The lowest BCUT2D eigenvalue weighted by Crippen LogP contribution is -2.15. The van der Waals surface area contributed by atoms with Gasteiger partial charge in [-0.2, -0.15) is 5.10 Å². The molecule has 0 saturated carbocycles. The molecule has 3 N–H and O–H groups in total. The first-order valence-electron chi connectivity index (χ1n) is 7.38. The van der Waals surface area contributed by atoms with Crippen molar-refractivity contribution in [3.63, 3.8) is 0 Å². The Morgan fingerprint density at radius 1 is 1.12 bits per heavy atom. The molecular formula is C16H16ClN5O2S. The third-order valence-corrected chi connectivity index (χ3v) is 5.30. The molecule has 0 fully saturated rings. The average molecular weight is 378 g/mol. The fourth-order valence-corrected chi connectivity index (χ4v) is 3.96. The molecule has 3 rings (SSSR count). The van der Waals surface area contributed by atoms with Crippen LogP contribution in [-0.4, -0.2) is 23.6 Å². The monoisotopic (exact) mass is 377 g/mol. The highest BCUT2D eigenvalue weighted by Crippen LogP contribution is 2.22. The maximum Gasteiger partial charge on any atom is 0.266 e. The van der Waals surface area contributed by atoms with Crippen LogP contribution in [0, 0.1) is 13.8 Å². The highest BCUT2D eigenvalue weighted by Gasteiger charge is 2.22. The first-order valence-corrected chi connectivity index (χ1v) is 9.24. The number of nitrogens with zero attached hydrogens (tertiary/aromatic N) is 2. The molecule has 25 heavy (non-hydrogen) atoms. The number of rotatable bonds is 5. The first kappa shape index (κ1) is 17.2. The number of nitrogens with one attached hydrogen (secondary N) is 3. The fourth-order valence-electron chi connectivity index (χ4n) is 2.39. The quantitative estimate of drug-likeness (QED) is 0.630. The van der Waals surface area contributed by atoms with Gasteiger partial charge in [0.05, 0.1) is 23.3 Å². The lowest BCUT2D eigenvalue weighted by atomic mass is 10.3. The van der Waals surface area contributed by atoms with E-state index in [1.807, 2.05) is 12.1 Å². The number of benzene rings is 1. The Balaban J connectivity index is 1.77. The Hall–Kier alpha value is -2.58. The van der Waals surface area contributed by atoms with Crippen molar-refractivity contribution in [3.05, 3.63) is 59.0 Å². The zero-order valence-electron chi connectivity index (χ0n) is 13.5. The maximum atomic E-state index is 12.5. The van der Waals surface area contributed by atoms with E-state index in [0.29, 0.717) is 22.1 Å². The Labute approximate surface area is 150 Å². The Morgan fingerprint density at radius 3 is 2.52 bits per heavy atom. The molecule has 0 amide bonds. The smallest absolute Gasteiger partial charge is 0.266 e. The molecule has 0 spiro atoms. The van der Waals surface area contributed by atoms with Crippen molar-refractivity contribution in [3.8, 4) is 0 Å². The molecule has 0 radical (unpaired) electrons. The van der Waals surface area contributed by atoms with Gasteiger partial charge < -0.3 is 5.32 Å². The molecule has 1 aromatic carbocycles. The largest absolute Gasteiger partial charge is 0.354 e. The van der Waals surface area contributed by atoms with Gasteiger partial charge in [-0.15, -0.1) is 0 Å². The Bertz CT molecular complexity index is 980. The van der Waals surface area contributed by atoms with Crippen molar-refractivity contribution in [2.24, 2.45) is 0 Å². The molecule has 130 valence electrons. The van der Waals surface area contributed by atoms with Crippen molar-refractivity contribution in [1.82, 2.24) is 15.2 Å². The van der Waals surface area contributed by atoms with Crippen molar-refractivity contribution >= 4 is 38.8 Å². The topological polar surface area (TPSA) is 99.8 Å². The van der Waals surface area contributed by atoms with E-state index < -0.39 is 10.0 Å². The minimum Gasteiger partial charge on any atom is -0.354 e. The first-order chi connectivity index (χ1) is 11.8. The lowest BCUT2D eigenvalue weighted by molar-refractivity contribution is 0.600. The molecular weight excluding hydrogens is 362 g/mol. The fraction of sp³-hybridized carbons (Fsp3) is 0.125. The van der Waals surface area contributed by atoms with Crippen molar-refractivity contribution in [2.45, 2.75) is 18.7 Å². The molecule has 0 aliphatic carbocycles. The van der Waals surface area contributed by atoms with Crippen LogP contribution in [0.3, 0.4) is 0 Å². The molecule has 0 unspecified atom stereocenters. The number of pyridine rings is 1. The van der Waals surface area contributed by atoms with Crippen LogP contribution >= 0.6 is 11.6 Å². The van der Waals surface area contributed by atoms with Gasteiger partial charge in [-0.05, 0) is 44.2 Å². The highest BCUT2D eigenvalue weighted by atomic mass is 35.5. The molecule has 0 aliphatic rings. The molecule has 2 aromatic heterocycles. The van der Waals surface area contributed by atoms with Crippen molar-refractivity contribution < 1.29 is 8.42 Å². The van der Waals surface area contributed by atoms with E-state index in [9.17, 15) is 8.42 Å². The summed E-state index contributed by atoms with van der Waals surface area (Å²) in [7, 11) is -3.75. The van der Waals surface area contributed by atoms with Gasteiger partial charge >= 0.3 is 0 Å². The van der Waals surface area contributed by atoms with Gasteiger partial charge in [0, 0.05) is 10.7 Å². The van der Waals surface area contributed by atoms with Crippen molar-refractivity contribution in [1.29, 1.82) is 0 Å².